The first-order valence-electron chi connectivity index (χ1n) is 8.33. The number of ether oxygens (including phenoxy) is 2. The van der Waals surface area contributed by atoms with E-state index in [1.807, 2.05) is 18.2 Å². The van der Waals surface area contributed by atoms with E-state index >= 15 is 0 Å². The van der Waals surface area contributed by atoms with Gasteiger partial charge in [-0.25, -0.2) is 0 Å². The molecule has 2 saturated carbocycles. The predicted octanol–water partition coefficient (Wildman–Crippen LogP) is 2.68. The fourth-order valence-electron chi connectivity index (χ4n) is 4.40. The van der Waals surface area contributed by atoms with Gasteiger partial charge in [0.15, 0.2) is 0 Å². The van der Waals surface area contributed by atoms with Crippen LogP contribution in [0.2, 0.25) is 0 Å². The Kier molecular flexibility index (Phi) is 4.76. The van der Waals surface area contributed by atoms with E-state index in [1.54, 1.807) is 14.2 Å². The third kappa shape index (κ3) is 2.90. The van der Waals surface area contributed by atoms with Crippen LogP contribution in [-0.2, 0) is 11.3 Å². The number of carboxylic acid groups (broad SMARTS) is 1. The number of aliphatic carboxylic acids is 1. The van der Waals surface area contributed by atoms with Gasteiger partial charge in [-0.2, -0.15) is 0 Å². The molecule has 0 aromatic heterocycles. The molecule has 1 aromatic carbocycles. The molecule has 0 saturated heterocycles. The Bertz CT molecular complexity index is 552. The number of hydrogen-bond acceptors (Lipinski definition) is 4. The molecule has 1 aromatic rings. The highest BCUT2D eigenvalue weighted by molar-refractivity contribution is 5.73. The molecule has 0 aliphatic heterocycles. The van der Waals surface area contributed by atoms with E-state index in [0.29, 0.717) is 18.4 Å². The number of carboxylic acids is 1. The lowest BCUT2D eigenvalue weighted by molar-refractivity contribution is -0.157. The van der Waals surface area contributed by atoms with E-state index in [1.165, 1.54) is 6.42 Å². The van der Waals surface area contributed by atoms with Crippen LogP contribution < -0.4 is 14.8 Å². The summed E-state index contributed by atoms with van der Waals surface area (Å²) in [6, 6.07) is 5.74. The zero-order chi connectivity index (χ0) is 16.4. The monoisotopic (exact) mass is 319 g/mol. The fourth-order valence-corrected chi connectivity index (χ4v) is 4.40. The Morgan fingerprint density at radius 2 is 1.78 bits per heavy atom. The Labute approximate surface area is 137 Å². The van der Waals surface area contributed by atoms with Crippen LogP contribution in [0.1, 0.15) is 31.2 Å². The molecule has 126 valence electrons. The van der Waals surface area contributed by atoms with Crippen molar-refractivity contribution < 1.29 is 19.4 Å². The Morgan fingerprint density at radius 3 is 2.35 bits per heavy atom. The van der Waals surface area contributed by atoms with Crippen LogP contribution in [0, 0.1) is 17.8 Å². The van der Waals surface area contributed by atoms with Gasteiger partial charge in [-0.3, -0.25) is 4.79 Å². The Hall–Kier alpha value is -1.75. The van der Waals surface area contributed by atoms with Crippen molar-refractivity contribution in [3.8, 4) is 11.5 Å². The maximum Gasteiger partial charge on any atom is 0.308 e. The second kappa shape index (κ2) is 6.79. The maximum absolute atomic E-state index is 11.6. The van der Waals surface area contributed by atoms with Crippen molar-refractivity contribution in [1.82, 2.24) is 5.32 Å². The molecule has 3 rings (SSSR count). The number of nitrogens with one attached hydrogen (secondary N) is 1. The van der Waals surface area contributed by atoms with Crippen molar-refractivity contribution in [2.75, 3.05) is 14.2 Å². The molecule has 5 heteroatoms. The fraction of sp³-hybridized carbons (Fsp3) is 0.611. The lowest BCUT2D eigenvalue weighted by Crippen LogP contribution is -2.61. The van der Waals surface area contributed by atoms with Gasteiger partial charge < -0.3 is 19.9 Å². The third-order valence-corrected chi connectivity index (χ3v) is 5.51. The summed E-state index contributed by atoms with van der Waals surface area (Å²) in [6.07, 6.45) is 4.56. The van der Waals surface area contributed by atoms with E-state index < -0.39 is 5.97 Å². The van der Waals surface area contributed by atoms with Gasteiger partial charge in [0.1, 0.15) is 11.5 Å². The minimum Gasteiger partial charge on any atom is -0.496 e. The molecule has 2 N–H and O–H groups in total. The van der Waals surface area contributed by atoms with Crippen LogP contribution in [0.15, 0.2) is 18.2 Å². The molecule has 0 radical (unpaired) electrons. The first-order chi connectivity index (χ1) is 11.2. The number of methoxy groups -OCH3 is 2. The molecule has 0 unspecified atom stereocenters. The lowest BCUT2D eigenvalue weighted by atomic mass is 9.55. The van der Waals surface area contributed by atoms with Gasteiger partial charge in [0.25, 0.3) is 0 Å². The molecule has 2 aliphatic rings. The standard InChI is InChI=1S/C18H25NO4/c1-22-14-8-5-9-15(23-2)13(14)10-19-17-12-7-4-3-6-11(12)16(17)18(20)21/h5,8-9,11-12,16-17,19H,3-4,6-7,10H2,1-2H3,(H,20,21)/t11-,12+,16-,17-/m0/s1. The molecular weight excluding hydrogens is 294 g/mol. The highest BCUT2D eigenvalue weighted by atomic mass is 16.5. The first kappa shape index (κ1) is 16.1. The van der Waals surface area contributed by atoms with Gasteiger partial charge in [0.05, 0.1) is 20.1 Å². The summed E-state index contributed by atoms with van der Waals surface area (Å²) in [5.74, 6) is 1.44. The zero-order valence-electron chi connectivity index (χ0n) is 13.7. The van der Waals surface area contributed by atoms with Gasteiger partial charge in [-0.1, -0.05) is 18.9 Å². The molecule has 23 heavy (non-hydrogen) atoms. The van der Waals surface area contributed by atoms with Crippen LogP contribution in [0.4, 0.5) is 0 Å². The molecule has 0 spiro atoms. The van der Waals surface area contributed by atoms with Gasteiger partial charge in [0.2, 0.25) is 0 Å². The van der Waals surface area contributed by atoms with Gasteiger partial charge >= 0.3 is 5.97 Å². The van der Waals surface area contributed by atoms with Crippen LogP contribution >= 0.6 is 0 Å². The van der Waals surface area contributed by atoms with Crippen molar-refractivity contribution in [2.24, 2.45) is 17.8 Å². The predicted molar refractivity (Wildman–Crippen MR) is 86.7 cm³/mol. The van der Waals surface area contributed by atoms with Crippen molar-refractivity contribution >= 4 is 5.97 Å². The number of hydrogen-bond donors (Lipinski definition) is 2. The summed E-state index contributed by atoms with van der Waals surface area (Å²) in [4.78, 5) is 11.6. The quantitative estimate of drug-likeness (QED) is 0.844. The zero-order valence-corrected chi connectivity index (χ0v) is 13.7. The summed E-state index contributed by atoms with van der Waals surface area (Å²) in [7, 11) is 3.28. The van der Waals surface area contributed by atoms with E-state index in [9.17, 15) is 9.90 Å². The summed E-state index contributed by atoms with van der Waals surface area (Å²) in [5.41, 5.74) is 0.945. The van der Waals surface area contributed by atoms with Crippen LogP contribution in [-0.4, -0.2) is 31.3 Å². The second-order valence-electron chi connectivity index (χ2n) is 6.52. The average molecular weight is 319 g/mol. The molecule has 5 nitrogen and oxygen atoms in total. The summed E-state index contributed by atoms with van der Waals surface area (Å²) < 4.78 is 10.8. The van der Waals surface area contributed by atoms with Crippen LogP contribution in [0.3, 0.4) is 0 Å². The van der Waals surface area contributed by atoms with Gasteiger partial charge in [-0.15, -0.1) is 0 Å². The number of benzene rings is 1. The molecular formula is C18H25NO4. The summed E-state index contributed by atoms with van der Waals surface area (Å²) >= 11 is 0. The Morgan fingerprint density at radius 1 is 1.17 bits per heavy atom. The van der Waals surface area contributed by atoms with Crippen molar-refractivity contribution in [3.63, 3.8) is 0 Å². The van der Waals surface area contributed by atoms with E-state index in [-0.39, 0.29) is 12.0 Å². The first-order valence-corrected chi connectivity index (χ1v) is 8.33. The van der Waals surface area contributed by atoms with Crippen molar-refractivity contribution in [1.29, 1.82) is 0 Å². The lowest BCUT2D eigenvalue weighted by Gasteiger charge is -2.53. The summed E-state index contributed by atoms with van der Waals surface area (Å²) in [5, 5.41) is 13.0. The van der Waals surface area contributed by atoms with Gasteiger partial charge in [0, 0.05) is 18.2 Å². The minimum absolute atomic E-state index is 0.0485. The van der Waals surface area contributed by atoms with Crippen molar-refractivity contribution in [3.05, 3.63) is 23.8 Å². The summed E-state index contributed by atoms with van der Waals surface area (Å²) in [6.45, 7) is 0.560. The van der Waals surface area contributed by atoms with Crippen molar-refractivity contribution in [2.45, 2.75) is 38.3 Å². The number of fused-ring (bicyclic) bond motifs is 1. The van der Waals surface area contributed by atoms with E-state index in [2.05, 4.69) is 5.32 Å². The van der Waals surface area contributed by atoms with E-state index in [0.717, 1.165) is 36.3 Å². The Balaban J connectivity index is 1.73. The second-order valence-corrected chi connectivity index (χ2v) is 6.52. The maximum atomic E-state index is 11.6. The van der Waals surface area contributed by atoms with Gasteiger partial charge in [-0.05, 0) is 36.8 Å². The SMILES string of the molecule is COc1cccc(OC)c1CN[C@H]1[C@@H]2CCCC[C@@H]2[C@@H]1C(=O)O. The molecule has 4 atom stereocenters. The highest BCUT2D eigenvalue weighted by Crippen LogP contribution is 2.49. The molecule has 2 aliphatic carbocycles. The van der Waals surface area contributed by atoms with E-state index in [4.69, 9.17) is 9.47 Å². The molecule has 0 bridgehead atoms. The third-order valence-electron chi connectivity index (χ3n) is 5.51. The molecule has 0 amide bonds. The minimum atomic E-state index is -0.669. The largest absolute Gasteiger partial charge is 0.496 e. The highest BCUT2D eigenvalue weighted by Gasteiger charge is 2.54. The van der Waals surface area contributed by atoms with Crippen LogP contribution in [0.5, 0.6) is 11.5 Å². The van der Waals surface area contributed by atoms with Crippen LogP contribution in [0.25, 0.3) is 0 Å². The number of rotatable bonds is 6. The number of carbonyl (C=O) groups is 1. The normalized spacial score (nSPS) is 29.3. The average Bonchev–Trinajstić information content (AvgIpc) is 2.55. The molecule has 0 heterocycles. The molecule has 2 fully saturated rings. The smallest absolute Gasteiger partial charge is 0.308 e. The topological polar surface area (TPSA) is 67.8 Å².